The lowest BCUT2D eigenvalue weighted by molar-refractivity contribution is 0.151. The predicted molar refractivity (Wildman–Crippen MR) is 128 cm³/mol. The van der Waals surface area contributed by atoms with E-state index in [9.17, 15) is 9.18 Å². The van der Waals surface area contributed by atoms with E-state index in [1.807, 2.05) is 17.0 Å². The first-order valence-corrected chi connectivity index (χ1v) is 12.7. The molecule has 2 aliphatic heterocycles. The Hall–Kier alpha value is -2.25. The highest BCUT2D eigenvalue weighted by molar-refractivity contribution is 7.98. The Bertz CT molecular complexity index is 870. The molecule has 0 aliphatic carbocycles. The molecule has 0 atom stereocenters. The molecule has 2 aromatic carbocycles. The third-order valence-electron chi connectivity index (χ3n) is 6.48. The standard InChI is InChI=1S/C25H32FN3O2S/c1-32-24-8-6-23(7-9-24)31-19-12-20-10-13-27(14-11-20)15-16-28-17-18-29(25(28)30)22-4-2-21(26)3-5-22/h2-9,20H,10-19H2,1H3. The number of rotatable bonds is 9. The van der Waals surface area contributed by atoms with Crippen molar-refractivity contribution >= 4 is 23.5 Å². The second-order valence-corrected chi connectivity index (χ2v) is 9.38. The predicted octanol–water partition coefficient (Wildman–Crippen LogP) is 4.97. The van der Waals surface area contributed by atoms with E-state index in [2.05, 4.69) is 23.3 Å². The van der Waals surface area contributed by atoms with Gasteiger partial charge >= 0.3 is 6.03 Å². The van der Waals surface area contributed by atoms with Gasteiger partial charge in [-0.15, -0.1) is 11.8 Å². The number of ether oxygens (including phenoxy) is 1. The zero-order valence-electron chi connectivity index (χ0n) is 18.7. The number of urea groups is 1. The van der Waals surface area contributed by atoms with Crippen molar-refractivity contribution in [1.82, 2.24) is 9.80 Å². The van der Waals surface area contributed by atoms with Crippen LogP contribution in [0.2, 0.25) is 0 Å². The van der Waals surface area contributed by atoms with Gasteiger partial charge in [0.2, 0.25) is 0 Å². The Morgan fingerprint density at radius 1 is 0.969 bits per heavy atom. The van der Waals surface area contributed by atoms with E-state index < -0.39 is 0 Å². The molecule has 0 N–H and O–H groups in total. The van der Waals surface area contributed by atoms with Gasteiger partial charge in [0, 0.05) is 36.8 Å². The Balaban J connectivity index is 1.13. The maximum absolute atomic E-state index is 13.1. The third-order valence-corrected chi connectivity index (χ3v) is 7.22. The summed E-state index contributed by atoms with van der Waals surface area (Å²) in [5.74, 6) is 1.38. The number of halogens is 1. The van der Waals surface area contributed by atoms with Gasteiger partial charge in [-0.1, -0.05) is 0 Å². The Labute approximate surface area is 194 Å². The molecule has 4 rings (SSSR count). The first kappa shape index (κ1) is 22.9. The molecule has 7 heteroatoms. The number of likely N-dealkylation sites (tertiary alicyclic amines) is 1. The molecule has 2 heterocycles. The van der Waals surface area contributed by atoms with Gasteiger partial charge in [-0.05, 0) is 93.1 Å². The third kappa shape index (κ3) is 5.95. The molecular formula is C25H32FN3O2S. The highest BCUT2D eigenvalue weighted by Gasteiger charge is 2.30. The fourth-order valence-corrected chi connectivity index (χ4v) is 4.84. The number of anilines is 1. The van der Waals surface area contributed by atoms with Crippen LogP contribution in [0.5, 0.6) is 5.75 Å². The Morgan fingerprint density at radius 3 is 2.38 bits per heavy atom. The highest BCUT2D eigenvalue weighted by Crippen LogP contribution is 2.24. The van der Waals surface area contributed by atoms with Gasteiger partial charge in [0.25, 0.3) is 0 Å². The summed E-state index contributed by atoms with van der Waals surface area (Å²) in [7, 11) is 0. The molecule has 0 radical (unpaired) electrons. The smallest absolute Gasteiger partial charge is 0.324 e. The molecule has 5 nitrogen and oxygen atoms in total. The van der Waals surface area contributed by atoms with Crippen LogP contribution in [0.25, 0.3) is 0 Å². The zero-order valence-corrected chi connectivity index (χ0v) is 19.5. The molecule has 2 fully saturated rings. The van der Waals surface area contributed by atoms with Crippen LogP contribution >= 0.6 is 11.8 Å². The van der Waals surface area contributed by atoms with Crippen molar-refractivity contribution in [2.45, 2.75) is 24.2 Å². The quantitative estimate of drug-likeness (QED) is 0.498. The normalized spacial score (nSPS) is 17.9. The molecular weight excluding hydrogens is 425 g/mol. The first-order valence-electron chi connectivity index (χ1n) is 11.4. The summed E-state index contributed by atoms with van der Waals surface area (Å²) >= 11 is 1.74. The summed E-state index contributed by atoms with van der Waals surface area (Å²) in [6.45, 7) is 5.97. The fraction of sp³-hybridized carbons (Fsp3) is 0.480. The van der Waals surface area contributed by atoms with Gasteiger partial charge < -0.3 is 14.5 Å². The molecule has 0 saturated carbocycles. The molecule has 172 valence electrons. The summed E-state index contributed by atoms with van der Waals surface area (Å²) in [6, 6.07) is 14.5. The number of amides is 2. The molecule has 32 heavy (non-hydrogen) atoms. The molecule has 2 saturated heterocycles. The second kappa shape index (κ2) is 11.1. The molecule has 0 unspecified atom stereocenters. The molecule has 0 bridgehead atoms. The molecule has 2 aliphatic rings. The number of piperidine rings is 1. The summed E-state index contributed by atoms with van der Waals surface area (Å²) in [5, 5.41) is 0. The molecule has 0 aromatic heterocycles. The lowest BCUT2D eigenvalue weighted by atomic mass is 9.94. The Morgan fingerprint density at radius 2 is 1.69 bits per heavy atom. The van der Waals surface area contributed by atoms with Crippen molar-refractivity contribution < 1.29 is 13.9 Å². The maximum Gasteiger partial charge on any atom is 0.324 e. The number of nitrogens with zero attached hydrogens (tertiary/aromatic N) is 3. The average Bonchev–Trinajstić information content (AvgIpc) is 3.19. The van der Waals surface area contributed by atoms with Crippen molar-refractivity contribution in [2.75, 3.05) is 57.0 Å². The second-order valence-electron chi connectivity index (χ2n) is 8.50. The van der Waals surface area contributed by atoms with E-state index in [4.69, 9.17) is 4.74 Å². The SMILES string of the molecule is CSc1ccc(OCCC2CCN(CCN3CCN(c4ccc(F)cc4)C3=O)CC2)cc1. The van der Waals surface area contributed by atoms with E-state index in [1.54, 1.807) is 28.8 Å². The van der Waals surface area contributed by atoms with E-state index in [-0.39, 0.29) is 11.8 Å². The van der Waals surface area contributed by atoms with Gasteiger partial charge in [0.05, 0.1) is 6.61 Å². The summed E-state index contributed by atoms with van der Waals surface area (Å²) in [4.78, 5) is 20.1. The molecule has 0 spiro atoms. The van der Waals surface area contributed by atoms with Crippen molar-refractivity contribution in [2.24, 2.45) is 5.92 Å². The lowest BCUT2D eigenvalue weighted by Crippen LogP contribution is -2.41. The average molecular weight is 458 g/mol. The molecule has 2 amide bonds. The minimum atomic E-state index is -0.281. The number of thioether (sulfide) groups is 1. The van der Waals surface area contributed by atoms with Gasteiger partial charge in [-0.3, -0.25) is 4.90 Å². The topological polar surface area (TPSA) is 36.0 Å². The van der Waals surface area contributed by atoms with E-state index in [0.29, 0.717) is 12.5 Å². The summed E-state index contributed by atoms with van der Waals surface area (Å²) in [6.07, 6.45) is 5.54. The minimum absolute atomic E-state index is 0.0224. The monoisotopic (exact) mass is 457 g/mol. The van der Waals surface area contributed by atoms with E-state index in [0.717, 1.165) is 57.2 Å². The first-order chi connectivity index (χ1) is 15.6. The maximum atomic E-state index is 13.1. The van der Waals surface area contributed by atoms with Crippen LogP contribution in [-0.2, 0) is 0 Å². The number of hydrogen-bond donors (Lipinski definition) is 0. The zero-order chi connectivity index (χ0) is 22.3. The van der Waals surface area contributed by atoms with Gasteiger partial charge in [-0.25, -0.2) is 9.18 Å². The number of carbonyl (C=O) groups is 1. The van der Waals surface area contributed by atoms with Crippen LogP contribution in [0, 0.1) is 11.7 Å². The van der Waals surface area contributed by atoms with Crippen molar-refractivity contribution in [3.63, 3.8) is 0 Å². The van der Waals surface area contributed by atoms with Crippen LogP contribution < -0.4 is 9.64 Å². The van der Waals surface area contributed by atoms with Crippen LogP contribution in [0.4, 0.5) is 14.9 Å². The molecule has 2 aromatic rings. The van der Waals surface area contributed by atoms with Crippen molar-refractivity contribution in [3.05, 3.63) is 54.3 Å². The highest BCUT2D eigenvalue weighted by atomic mass is 32.2. The number of hydrogen-bond acceptors (Lipinski definition) is 4. The minimum Gasteiger partial charge on any atom is -0.494 e. The fourth-order valence-electron chi connectivity index (χ4n) is 4.43. The summed E-state index contributed by atoms with van der Waals surface area (Å²) < 4.78 is 19.1. The van der Waals surface area contributed by atoms with E-state index in [1.165, 1.54) is 29.9 Å². The van der Waals surface area contributed by atoms with Gasteiger partial charge in [0.1, 0.15) is 11.6 Å². The number of carbonyl (C=O) groups excluding carboxylic acids is 1. The van der Waals surface area contributed by atoms with Crippen LogP contribution in [0.15, 0.2) is 53.4 Å². The largest absolute Gasteiger partial charge is 0.494 e. The van der Waals surface area contributed by atoms with Crippen molar-refractivity contribution in [1.29, 1.82) is 0 Å². The van der Waals surface area contributed by atoms with Crippen LogP contribution in [0.3, 0.4) is 0 Å². The Kier molecular flexibility index (Phi) is 7.92. The van der Waals surface area contributed by atoms with Gasteiger partial charge in [0.15, 0.2) is 0 Å². The number of benzene rings is 2. The van der Waals surface area contributed by atoms with Crippen molar-refractivity contribution in [3.8, 4) is 5.75 Å². The van der Waals surface area contributed by atoms with Crippen LogP contribution in [0.1, 0.15) is 19.3 Å². The van der Waals surface area contributed by atoms with Gasteiger partial charge in [-0.2, -0.15) is 0 Å². The lowest BCUT2D eigenvalue weighted by Gasteiger charge is -2.33. The summed E-state index contributed by atoms with van der Waals surface area (Å²) in [5.41, 5.74) is 0.766. The van der Waals surface area contributed by atoms with E-state index >= 15 is 0 Å². The van der Waals surface area contributed by atoms with Crippen LogP contribution in [-0.4, -0.2) is 68.0 Å².